The van der Waals surface area contributed by atoms with Crippen LogP contribution < -0.4 is 22.3 Å². The van der Waals surface area contributed by atoms with Gasteiger partial charge in [0, 0.05) is 0 Å². The topological polar surface area (TPSA) is 137 Å². The first-order chi connectivity index (χ1) is 7.79. The molecule has 0 heterocycles. The molecule has 0 aromatic carbocycles. The zero-order chi connectivity index (χ0) is 13.6. The molecule has 0 bridgehead atoms. The molecule has 17 heavy (non-hydrogen) atoms. The summed E-state index contributed by atoms with van der Waals surface area (Å²) in [6.45, 7) is 4.92. The molecule has 0 saturated carbocycles. The lowest BCUT2D eigenvalue weighted by atomic mass is 10.0. The lowest BCUT2D eigenvalue weighted by molar-refractivity contribution is -0.141. The van der Waals surface area contributed by atoms with E-state index in [0.717, 1.165) is 0 Å². The van der Waals surface area contributed by atoms with Crippen LogP contribution in [0.3, 0.4) is 0 Å². The van der Waals surface area contributed by atoms with Gasteiger partial charge in [-0.3, -0.25) is 10.2 Å². The minimum absolute atomic E-state index is 0.0643. The molecule has 0 unspecified atom stereocenters. The van der Waals surface area contributed by atoms with Gasteiger partial charge in [0.15, 0.2) is 0 Å². The van der Waals surface area contributed by atoms with Crippen molar-refractivity contribution in [3.05, 3.63) is 0 Å². The van der Waals surface area contributed by atoms with Crippen molar-refractivity contribution in [2.75, 3.05) is 0 Å². The largest absolute Gasteiger partial charge is 0.429 e. The SMILES string of the molecule is CC(C)[C@H](N)C(=O)N[C@@H](C)C(=O)OC(=O)NN. The van der Waals surface area contributed by atoms with Gasteiger partial charge in [0.2, 0.25) is 5.91 Å². The van der Waals surface area contributed by atoms with Gasteiger partial charge in [-0.2, -0.15) is 0 Å². The lowest BCUT2D eigenvalue weighted by Gasteiger charge is -2.18. The molecule has 0 aliphatic carbocycles. The molecule has 0 aliphatic rings. The molecule has 0 aromatic rings. The second-order valence-corrected chi connectivity index (χ2v) is 3.85. The highest BCUT2D eigenvalue weighted by atomic mass is 16.6. The Labute approximate surface area is 99.0 Å². The zero-order valence-electron chi connectivity index (χ0n) is 10.0. The first-order valence-corrected chi connectivity index (χ1v) is 5.07. The van der Waals surface area contributed by atoms with Crippen molar-refractivity contribution in [3.8, 4) is 0 Å². The molecule has 0 aromatic heterocycles. The van der Waals surface area contributed by atoms with Gasteiger partial charge in [-0.1, -0.05) is 13.8 Å². The van der Waals surface area contributed by atoms with E-state index in [4.69, 9.17) is 11.6 Å². The van der Waals surface area contributed by atoms with Gasteiger partial charge in [-0.25, -0.2) is 15.4 Å². The molecule has 0 spiro atoms. The Hall–Kier alpha value is -1.67. The summed E-state index contributed by atoms with van der Waals surface area (Å²) >= 11 is 0. The second-order valence-electron chi connectivity index (χ2n) is 3.85. The maximum Gasteiger partial charge on any atom is 0.429 e. The minimum Gasteiger partial charge on any atom is -0.374 e. The molecule has 0 radical (unpaired) electrons. The van der Waals surface area contributed by atoms with Gasteiger partial charge in [-0.05, 0) is 12.8 Å². The van der Waals surface area contributed by atoms with E-state index >= 15 is 0 Å². The summed E-state index contributed by atoms with van der Waals surface area (Å²) in [5, 5.41) is 2.33. The molecule has 2 atom stereocenters. The van der Waals surface area contributed by atoms with Crippen molar-refractivity contribution in [2.45, 2.75) is 32.9 Å². The van der Waals surface area contributed by atoms with Gasteiger partial charge < -0.3 is 15.8 Å². The maximum atomic E-state index is 11.5. The number of nitrogens with one attached hydrogen (secondary N) is 2. The van der Waals surface area contributed by atoms with Crippen molar-refractivity contribution < 1.29 is 19.1 Å². The highest BCUT2D eigenvalue weighted by molar-refractivity contribution is 5.91. The Morgan fingerprint density at radius 1 is 1.18 bits per heavy atom. The van der Waals surface area contributed by atoms with Crippen LogP contribution in [0.1, 0.15) is 20.8 Å². The zero-order valence-corrected chi connectivity index (χ0v) is 10.0. The van der Waals surface area contributed by atoms with E-state index in [0.29, 0.717) is 0 Å². The molecule has 98 valence electrons. The standard InChI is InChI=1S/C9H18N4O4/c1-4(2)6(10)7(14)12-5(3)8(15)17-9(16)13-11/h4-6H,10-11H2,1-3H3,(H,12,14)(H,13,16)/t5-,6-/m0/s1. The molecule has 2 amide bonds. The van der Waals surface area contributed by atoms with Gasteiger partial charge in [-0.15, -0.1) is 0 Å². The molecule has 6 N–H and O–H groups in total. The van der Waals surface area contributed by atoms with Crippen LogP contribution in [-0.2, 0) is 14.3 Å². The van der Waals surface area contributed by atoms with Crippen LogP contribution in [0.2, 0.25) is 0 Å². The fourth-order valence-electron chi connectivity index (χ4n) is 0.881. The number of amides is 2. The monoisotopic (exact) mass is 246 g/mol. The smallest absolute Gasteiger partial charge is 0.374 e. The van der Waals surface area contributed by atoms with Crippen LogP contribution >= 0.6 is 0 Å². The highest BCUT2D eigenvalue weighted by Crippen LogP contribution is 1.99. The average Bonchev–Trinajstić information content (AvgIpc) is 2.27. The van der Waals surface area contributed by atoms with Crippen molar-refractivity contribution in [3.63, 3.8) is 0 Å². The Kier molecular flexibility index (Phi) is 6.15. The number of hydrogen-bond donors (Lipinski definition) is 4. The molecule has 0 fully saturated rings. The predicted molar refractivity (Wildman–Crippen MR) is 59.2 cm³/mol. The summed E-state index contributed by atoms with van der Waals surface area (Å²) < 4.78 is 4.23. The Bertz CT molecular complexity index is 305. The lowest BCUT2D eigenvalue weighted by Crippen LogP contribution is -2.50. The number of hydrogen-bond acceptors (Lipinski definition) is 6. The molecule has 8 heteroatoms. The van der Waals surface area contributed by atoms with Crippen molar-refractivity contribution in [2.24, 2.45) is 17.5 Å². The number of ether oxygens (including phenoxy) is 1. The quantitative estimate of drug-likeness (QED) is 0.158. The Morgan fingerprint density at radius 3 is 2.12 bits per heavy atom. The number of carbonyl (C=O) groups excluding carboxylic acids is 3. The van der Waals surface area contributed by atoms with Gasteiger partial charge >= 0.3 is 12.1 Å². The normalized spacial score (nSPS) is 13.8. The third-order valence-electron chi connectivity index (χ3n) is 2.04. The van der Waals surface area contributed by atoms with E-state index in [1.54, 1.807) is 19.3 Å². The molecule has 0 saturated heterocycles. The first-order valence-electron chi connectivity index (χ1n) is 5.07. The van der Waals surface area contributed by atoms with E-state index < -0.39 is 30.1 Å². The third kappa shape index (κ3) is 5.27. The van der Waals surface area contributed by atoms with Crippen LogP contribution in [0, 0.1) is 5.92 Å². The van der Waals surface area contributed by atoms with E-state index in [9.17, 15) is 14.4 Å². The van der Waals surface area contributed by atoms with Crippen LogP contribution in [0.25, 0.3) is 0 Å². The van der Waals surface area contributed by atoms with Crippen molar-refractivity contribution in [1.82, 2.24) is 10.7 Å². The number of carbonyl (C=O) groups is 3. The fourth-order valence-corrected chi connectivity index (χ4v) is 0.881. The van der Waals surface area contributed by atoms with Crippen LogP contribution in [-0.4, -0.2) is 30.1 Å². The van der Waals surface area contributed by atoms with Gasteiger partial charge in [0.05, 0.1) is 6.04 Å². The summed E-state index contributed by atoms with van der Waals surface area (Å²) in [6, 6.07) is -1.71. The predicted octanol–water partition coefficient (Wildman–Crippen LogP) is -1.40. The molecular weight excluding hydrogens is 228 g/mol. The summed E-state index contributed by atoms with van der Waals surface area (Å²) in [4.78, 5) is 33.4. The summed E-state index contributed by atoms with van der Waals surface area (Å²) in [6.07, 6.45) is -1.09. The number of esters is 1. The van der Waals surface area contributed by atoms with E-state index in [1.807, 2.05) is 0 Å². The van der Waals surface area contributed by atoms with Gasteiger partial charge in [0.25, 0.3) is 0 Å². The second kappa shape index (κ2) is 6.81. The molecule has 0 rings (SSSR count). The summed E-state index contributed by atoms with van der Waals surface area (Å²) in [5.74, 6) is 3.25. The average molecular weight is 246 g/mol. The van der Waals surface area contributed by atoms with E-state index in [-0.39, 0.29) is 5.92 Å². The number of hydrazine groups is 1. The van der Waals surface area contributed by atoms with Crippen molar-refractivity contribution in [1.29, 1.82) is 0 Å². The fraction of sp³-hybridized carbons (Fsp3) is 0.667. The van der Waals surface area contributed by atoms with Crippen LogP contribution in [0.15, 0.2) is 0 Å². The maximum absolute atomic E-state index is 11.5. The first kappa shape index (κ1) is 15.3. The summed E-state index contributed by atoms with van der Waals surface area (Å²) in [5.41, 5.74) is 7.20. The molecule has 8 nitrogen and oxygen atoms in total. The summed E-state index contributed by atoms with van der Waals surface area (Å²) in [7, 11) is 0. The Morgan fingerprint density at radius 2 is 1.71 bits per heavy atom. The highest BCUT2D eigenvalue weighted by Gasteiger charge is 2.24. The van der Waals surface area contributed by atoms with Crippen molar-refractivity contribution >= 4 is 18.0 Å². The molecule has 0 aliphatic heterocycles. The van der Waals surface area contributed by atoms with Crippen LogP contribution in [0.4, 0.5) is 4.79 Å². The van der Waals surface area contributed by atoms with Gasteiger partial charge in [0.1, 0.15) is 6.04 Å². The van der Waals surface area contributed by atoms with E-state index in [1.165, 1.54) is 6.92 Å². The third-order valence-corrected chi connectivity index (χ3v) is 2.04. The number of nitrogens with two attached hydrogens (primary N) is 2. The van der Waals surface area contributed by atoms with E-state index in [2.05, 4.69) is 10.1 Å². The van der Waals surface area contributed by atoms with Crippen LogP contribution in [0.5, 0.6) is 0 Å². The molecular formula is C9H18N4O4. The number of rotatable bonds is 4. The Balaban J connectivity index is 4.25. The minimum atomic E-state index is -1.09.